The van der Waals surface area contributed by atoms with E-state index in [0.717, 1.165) is 23.5 Å². The summed E-state index contributed by atoms with van der Waals surface area (Å²) < 4.78 is 0. The van der Waals surface area contributed by atoms with Crippen LogP contribution in [0.5, 0.6) is 0 Å². The van der Waals surface area contributed by atoms with Gasteiger partial charge in [-0.25, -0.2) is 4.98 Å². The van der Waals surface area contributed by atoms with Gasteiger partial charge in [-0.1, -0.05) is 20.8 Å². The van der Waals surface area contributed by atoms with Crippen molar-refractivity contribution in [3.8, 4) is 0 Å². The molecule has 1 rings (SSSR count). The van der Waals surface area contributed by atoms with Gasteiger partial charge in [0.2, 0.25) is 5.91 Å². The minimum absolute atomic E-state index is 0.115. The summed E-state index contributed by atoms with van der Waals surface area (Å²) in [5.74, 6) is 0.568. The van der Waals surface area contributed by atoms with Gasteiger partial charge in [-0.15, -0.1) is 11.3 Å². The zero-order valence-electron chi connectivity index (χ0n) is 12.3. The molecule has 4 nitrogen and oxygen atoms in total. The molecule has 0 spiro atoms. The summed E-state index contributed by atoms with van der Waals surface area (Å²) in [4.78, 5) is 18.2. The molecular weight excluding hydrogens is 258 g/mol. The number of carbonyl (C=O) groups excluding carboxylic acids is 1. The number of carbonyl (C=O) groups is 1. The average molecular weight is 283 g/mol. The van der Waals surface area contributed by atoms with E-state index in [4.69, 9.17) is 5.73 Å². The summed E-state index contributed by atoms with van der Waals surface area (Å²) in [6.07, 6.45) is 2.17. The third kappa shape index (κ3) is 5.28. The van der Waals surface area contributed by atoms with Crippen molar-refractivity contribution in [2.45, 2.75) is 46.1 Å². The van der Waals surface area contributed by atoms with Crippen LogP contribution in [0, 0.1) is 5.92 Å². The number of hydrogen-bond donors (Lipinski definition) is 1. The number of amides is 1. The van der Waals surface area contributed by atoms with E-state index in [0.29, 0.717) is 18.9 Å². The van der Waals surface area contributed by atoms with Crippen molar-refractivity contribution < 1.29 is 4.79 Å². The molecule has 0 saturated heterocycles. The number of aromatic nitrogens is 1. The molecule has 1 aromatic heterocycles. The highest BCUT2D eigenvalue weighted by Gasteiger charge is 2.14. The zero-order chi connectivity index (χ0) is 14.4. The third-order valence-corrected chi connectivity index (χ3v) is 4.36. The van der Waals surface area contributed by atoms with E-state index in [-0.39, 0.29) is 11.9 Å². The largest absolute Gasteiger partial charge is 0.345 e. The van der Waals surface area contributed by atoms with Crippen LogP contribution in [0.3, 0.4) is 0 Å². The third-order valence-electron chi connectivity index (χ3n) is 3.31. The second kappa shape index (κ2) is 7.60. The molecule has 0 radical (unpaired) electrons. The van der Waals surface area contributed by atoms with Crippen molar-refractivity contribution in [1.82, 2.24) is 9.88 Å². The van der Waals surface area contributed by atoms with Gasteiger partial charge in [-0.3, -0.25) is 4.79 Å². The molecule has 0 bridgehead atoms. The molecule has 0 aliphatic heterocycles. The molecule has 5 heteroatoms. The smallest absolute Gasteiger partial charge is 0.228 e. The molecule has 1 heterocycles. The van der Waals surface area contributed by atoms with Gasteiger partial charge in [-0.2, -0.15) is 0 Å². The normalized spacial score (nSPS) is 12.7. The minimum atomic E-state index is 0.115. The maximum Gasteiger partial charge on any atom is 0.228 e. The number of nitrogens with two attached hydrogens (primary N) is 1. The summed E-state index contributed by atoms with van der Waals surface area (Å²) in [5, 5.41) is 3.07. The Labute approximate surface area is 120 Å². The zero-order valence-corrected chi connectivity index (χ0v) is 13.2. The Hall–Kier alpha value is -0.940. The van der Waals surface area contributed by atoms with Gasteiger partial charge < -0.3 is 10.6 Å². The van der Waals surface area contributed by atoms with Crippen LogP contribution < -0.4 is 5.73 Å². The Balaban J connectivity index is 2.40. The number of rotatable bonds is 7. The van der Waals surface area contributed by atoms with Crippen molar-refractivity contribution >= 4 is 17.2 Å². The molecule has 0 aliphatic carbocycles. The van der Waals surface area contributed by atoms with Crippen LogP contribution in [0.1, 0.15) is 37.9 Å². The van der Waals surface area contributed by atoms with E-state index in [1.807, 2.05) is 12.4 Å². The number of nitrogens with zero attached hydrogens (tertiary/aromatic N) is 2. The first-order valence-corrected chi connectivity index (χ1v) is 7.74. The van der Waals surface area contributed by atoms with E-state index >= 15 is 0 Å². The first-order chi connectivity index (χ1) is 8.93. The Bertz CT molecular complexity index is 403. The lowest BCUT2D eigenvalue weighted by atomic mass is 10.0. The molecule has 19 heavy (non-hydrogen) atoms. The van der Waals surface area contributed by atoms with Gasteiger partial charge in [0.1, 0.15) is 0 Å². The van der Waals surface area contributed by atoms with Crippen LogP contribution in [0.15, 0.2) is 5.38 Å². The second-order valence-corrected chi connectivity index (χ2v) is 6.22. The Morgan fingerprint density at radius 3 is 2.74 bits per heavy atom. The van der Waals surface area contributed by atoms with Crippen LogP contribution in [-0.2, 0) is 17.6 Å². The van der Waals surface area contributed by atoms with E-state index in [9.17, 15) is 4.79 Å². The molecule has 1 unspecified atom stereocenters. The average Bonchev–Trinajstić information content (AvgIpc) is 2.82. The summed E-state index contributed by atoms with van der Waals surface area (Å²) >= 11 is 1.62. The van der Waals surface area contributed by atoms with Crippen LogP contribution in [-0.4, -0.2) is 35.4 Å². The first-order valence-electron chi connectivity index (χ1n) is 6.86. The fourth-order valence-electron chi connectivity index (χ4n) is 1.68. The Kier molecular flexibility index (Phi) is 6.45. The van der Waals surface area contributed by atoms with E-state index in [2.05, 4.69) is 25.8 Å². The highest BCUT2D eigenvalue weighted by Crippen LogP contribution is 2.11. The van der Waals surface area contributed by atoms with Crippen molar-refractivity contribution in [3.63, 3.8) is 0 Å². The van der Waals surface area contributed by atoms with Gasteiger partial charge in [0.15, 0.2) is 0 Å². The topological polar surface area (TPSA) is 59.2 Å². The Morgan fingerprint density at radius 2 is 2.21 bits per heavy atom. The number of likely N-dealkylation sites (N-methyl/N-ethyl adjacent to an activating group) is 1. The lowest BCUT2D eigenvalue weighted by Crippen LogP contribution is -2.35. The van der Waals surface area contributed by atoms with Crippen molar-refractivity contribution in [1.29, 1.82) is 0 Å². The number of aryl methyl sites for hydroxylation is 1. The molecular formula is C14H25N3OS. The van der Waals surface area contributed by atoms with Crippen LogP contribution in [0.2, 0.25) is 0 Å². The lowest BCUT2D eigenvalue weighted by Gasteiger charge is -2.21. The van der Waals surface area contributed by atoms with Gasteiger partial charge in [0.05, 0.1) is 17.1 Å². The number of thiazole rings is 1. The number of hydrogen-bond acceptors (Lipinski definition) is 4. The standard InChI is InChI=1S/C14H25N3OS/c1-5-13-16-11(9-19-13)8-14(18)17(4)7-6-12(15)10(2)3/h9-10,12H,5-8,15H2,1-4H3. The predicted octanol–water partition coefficient (Wildman–Crippen LogP) is 2.08. The molecule has 0 aromatic carbocycles. The van der Waals surface area contributed by atoms with Gasteiger partial charge >= 0.3 is 0 Å². The van der Waals surface area contributed by atoms with E-state index < -0.39 is 0 Å². The van der Waals surface area contributed by atoms with Gasteiger partial charge in [0.25, 0.3) is 0 Å². The monoisotopic (exact) mass is 283 g/mol. The summed E-state index contributed by atoms with van der Waals surface area (Å²) in [7, 11) is 1.84. The second-order valence-electron chi connectivity index (χ2n) is 5.27. The van der Waals surface area contributed by atoms with Gasteiger partial charge in [-0.05, 0) is 18.8 Å². The van der Waals surface area contributed by atoms with E-state index in [1.54, 1.807) is 16.2 Å². The van der Waals surface area contributed by atoms with Crippen LogP contribution >= 0.6 is 11.3 Å². The summed E-state index contributed by atoms with van der Waals surface area (Å²) in [5.41, 5.74) is 6.87. The lowest BCUT2D eigenvalue weighted by molar-refractivity contribution is -0.129. The minimum Gasteiger partial charge on any atom is -0.345 e. The Morgan fingerprint density at radius 1 is 1.53 bits per heavy atom. The summed E-state index contributed by atoms with van der Waals surface area (Å²) in [6.45, 7) is 6.99. The van der Waals surface area contributed by atoms with Crippen LogP contribution in [0.25, 0.3) is 0 Å². The molecule has 0 saturated carbocycles. The van der Waals surface area contributed by atoms with E-state index in [1.165, 1.54) is 0 Å². The van der Waals surface area contributed by atoms with Crippen molar-refractivity contribution in [3.05, 3.63) is 16.1 Å². The fraction of sp³-hybridized carbons (Fsp3) is 0.714. The van der Waals surface area contributed by atoms with Crippen molar-refractivity contribution in [2.24, 2.45) is 11.7 Å². The molecule has 2 N–H and O–H groups in total. The highest BCUT2D eigenvalue weighted by atomic mass is 32.1. The first kappa shape index (κ1) is 16.1. The quantitative estimate of drug-likeness (QED) is 0.833. The van der Waals surface area contributed by atoms with Gasteiger partial charge in [0, 0.05) is 25.0 Å². The molecule has 1 atom stereocenters. The SMILES string of the molecule is CCc1nc(CC(=O)N(C)CCC(N)C(C)C)cs1. The maximum absolute atomic E-state index is 12.0. The molecule has 1 aromatic rings. The maximum atomic E-state index is 12.0. The molecule has 0 aliphatic rings. The fourth-order valence-corrected chi connectivity index (χ4v) is 2.43. The van der Waals surface area contributed by atoms with Crippen LogP contribution in [0.4, 0.5) is 0 Å². The molecule has 1 amide bonds. The molecule has 0 fully saturated rings. The molecule has 108 valence electrons. The van der Waals surface area contributed by atoms with Crippen molar-refractivity contribution in [2.75, 3.05) is 13.6 Å². The predicted molar refractivity (Wildman–Crippen MR) is 80.3 cm³/mol. The summed E-state index contributed by atoms with van der Waals surface area (Å²) in [6, 6.07) is 0.154. The highest BCUT2D eigenvalue weighted by molar-refractivity contribution is 7.09.